The highest BCUT2D eigenvalue weighted by Crippen LogP contribution is 2.39. The van der Waals surface area contributed by atoms with Gasteiger partial charge in [-0.05, 0) is 37.5 Å². The molecule has 1 N–H and O–H groups in total. The summed E-state index contributed by atoms with van der Waals surface area (Å²) in [7, 11) is 1.72. The van der Waals surface area contributed by atoms with E-state index in [1.165, 1.54) is 0 Å². The van der Waals surface area contributed by atoms with Crippen molar-refractivity contribution in [3.8, 4) is 0 Å². The summed E-state index contributed by atoms with van der Waals surface area (Å²) < 4.78 is 0. The van der Waals surface area contributed by atoms with Gasteiger partial charge in [-0.25, -0.2) is 9.97 Å². The number of benzene rings is 1. The van der Waals surface area contributed by atoms with Crippen molar-refractivity contribution in [2.75, 3.05) is 18.9 Å². The molecule has 25 heavy (non-hydrogen) atoms. The van der Waals surface area contributed by atoms with E-state index in [2.05, 4.69) is 15.3 Å². The lowest BCUT2D eigenvalue weighted by molar-refractivity contribution is -0.118. The number of rotatable bonds is 3. The molecule has 0 radical (unpaired) electrons. The van der Waals surface area contributed by atoms with E-state index in [1.807, 2.05) is 31.2 Å². The first kappa shape index (κ1) is 15.7. The number of hydrogen-bond acceptors (Lipinski definition) is 4. The van der Waals surface area contributed by atoms with Crippen LogP contribution in [-0.4, -0.2) is 40.3 Å². The number of anilines is 1. The monoisotopic (exact) mass is 336 g/mol. The first-order valence-electron chi connectivity index (χ1n) is 8.54. The van der Waals surface area contributed by atoms with Gasteiger partial charge in [0.05, 0.1) is 5.92 Å². The Bertz CT molecular complexity index is 860. The van der Waals surface area contributed by atoms with Crippen molar-refractivity contribution in [1.82, 2.24) is 14.9 Å². The van der Waals surface area contributed by atoms with Crippen molar-refractivity contribution in [2.24, 2.45) is 0 Å². The average molecular weight is 336 g/mol. The lowest BCUT2D eigenvalue weighted by atomic mass is 9.89. The minimum absolute atomic E-state index is 0.0533. The van der Waals surface area contributed by atoms with Crippen molar-refractivity contribution < 1.29 is 9.59 Å². The molecule has 128 valence electrons. The van der Waals surface area contributed by atoms with Gasteiger partial charge in [0, 0.05) is 36.5 Å². The number of carbonyl (C=O) groups is 2. The van der Waals surface area contributed by atoms with Crippen LogP contribution in [0.25, 0.3) is 0 Å². The molecule has 2 heterocycles. The number of nitrogens with zero attached hydrogens (tertiary/aromatic N) is 3. The van der Waals surface area contributed by atoms with E-state index in [9.17, 15) is 9.59 Å². The normalized spacial score (nSPS) is 19.5. The highest BCUT2D eigenvalue weighted by Gasteiger charge is 2.34. The third kappa shape index (κ3) is 2.99. The molecule has 4 rings (SSSR count). The molecule has 2 amide bonds. The number of amides is 2. The fourth-order valence-corrected chi connectivity index (χ4v) is 3.31. The first-order chi connectivity index (χ1) is 12.0. The van der Waals surface area contributed by atoms with Gasteiger partial charge in [-0.15, -0.1) is 0 Å². The average Bonchev–Trinajstić information content (AvgIpc) is 3.42. The molecular formula is C19H20N4O2. The SMILES string of the molecule is Cc1cc(C2CC2)nc(NC(=O)C2CN(C)C(=O)c3ccccc32)n1. The predicted octanol–water partition coefficient (Wildman–Crippen LogP) is 2.47. The van der Waals surface area contributed by atoms with Gasteiger partial charge in [-0.1, -0.05) is 18.2 Å². The molecule has 1 saturated carbocycles. The molecule has 6 nitrogen and oxygen atoms in total. The summed E-state index contributed by atoms with van der Waals surface area (Å²) in [6.07, 6.45) is 2.29. The summed E-state index contributed by atoms with van der Waals surface area (Å²) in [5.41, 5.74) is 3.20. The van der Waals surface area contributed by atoms with Crippen molar-refractivity contribution >= 4 is 17.8 Å². The number of carbonyl (C=O) groups excluding carboxylic acids is 2. The van der Waals surface area contributed by atoms with Crippen LogP contribution in [0.5, 0.6) is 0 Å². The Balaban J connectivity index is 1.61. The summed E-state index contributed by atoms with van der Waals surface area (Å²) in [6, 6.07) is 9.26. The number of fused-ring (bicyclic) bond motifs is 1. The molecule has 0 saturated heterocycles. The predicted molar refractivity (Wildman–Crippen MR) is 93.5 cm³/mol. The van der Waals surface area contributed by atoms with E-state index in [0.29, 0.717) is 24.0 Å². The highest BCUT2D eigenvalue weighted by atomic mass is 16.2. The molecule has 1 aliphatic carbocycles. The Hall–Kier alpha value is -2.76. The second-order valence-corrected chi connectivity index (χ2v) is 6.85. The van der Waals surface area contributed by atoms with Crippen molar-refractivity contribution in [2.45, 2.75) is 31.6 Å². The van der Waals surface area contributed by atoms with Gasteiger partial charge >= 0.3 is 0 Å². The zero-order valence-corrected chi connectivity index (χ0v) is 14.3. The van der Waals surface area contributed by atoms with Crippen LogP contribution in [0.1, 0.15) is 52.0 Å². The summed E-state index contributed by atoms with van der Waals surface area (Å²) in [4.78, 5) is 35.6. The van der Waals surface area contributed by atoms with Crippen LogP contribution in [0, 0.1) is 6.92 Å². The van der Waals surface area contributed by atoms with Gasteiger partial charge in [0.25, 0.3) is 5.91 Å². The van der Waals surface area contributed by atoms with Crippen molar-refractivity contribution in [3.63, 3.8) is 0 Å². The van der Waals surface area contributed by atoms with Gasteiger partial charge in [0.1, 0.15) is 0 Å². The Morgan fingerprint density at radius 1 is 1.24 bits per heavy atom. The van der Waals surface area contributed by atoms with E-state index < -0.39 is 5.92 Å². The van der Waals surface area contributed by atoms with Crippen LogP contribution in [0.4, 0.5) is 5.95 Å². The van der Waals surface area contributed by atoms with E-state index in [0.717, 1.165) is 29.8 Å². The molecule has 1 fully saturated rings. The Morgan fingerprint density at radius 3 is 2.76 bits per heavy atom. The molecular weight excluding hydrogens is 316 g/mol. The van der Waals surface area contributed by atoms with Gasteiger partial charge in [0.15, 0.2) is 0 Å². The number of hydrogen-bond donors (Lipinski definition) is 1. The minimum Gasteiger partial charge on any atom is -0.341 e. The molecule has 2 aliphatic rings. The topological polar surface area (TPSA) is 75.2 Å². The number of aryl methyl sites for hydroxylation is 1. The zero-order valence-electron chi connectivity index (χ0n) is 14.3. The summed E-state index contributed by atoms with van der Waals surface area (Å²) >= 11 is 0. The van der Waals surface area contributed by atoms with Crippen LogP contribution >= 0.6 is 0 Å². The molecule has 6 heteroatoms. The maximum atomic E-state index is 12.9. The quantitative estimate of drug-likeness (QED) is 0.934. The number of nitrogens with one attached hydrogen (secondary N) is 1. The summed E-state index contributed by atoms with van der Waals surface area (Å²) in [6.45, 7) is 2.26. The smallest absolute Gasteiger partial charge is 0.253 e. The first-order valence-corrected chi connectivity index (χ1v) is 8.54. The maximum Gasteiger partial charge on any atom is 0.253 e. The molecule has 1 atom stereocenters. The zero-order chi connectivity index (χ0) is 17.6. The Kier molecular flexibility index (Phi) is 3.75. The van der Waals surface area contributed by atoms with Gasteiger partial charge in [-0.2, -0.15) is 0 Å². The lowest BCUT2D eigenvalue weighted by Gasteiger charge is -2.30. The van der Waals surface area contributed by atoms with Gasteiger partial charge in [0.2, 0.25) is 11.9 Å². The highest BCUT2D eigenvalue weighted by molar-refractivity contribution is 6.03. The van der Waals surface area contributed by atoms with Crippen LogP contribution < -0.4 is 5.32 Å². The molecule has 1 unspecified atom stereocenters. The van der Waals surface area contributed by atoms with E-state index in [1.54, 1.807) is 18.0 Å². The third-order valence-electron chi connectivity index (χ3n) is 4.79. The van der Waals surface area contributed by atoms with E-state index in [-0.39, 0.29) is 11.8 Å². The number of likely N-dealkylation sites (N-methyl/N-ethyl adjacent to an activating group) is 1. The molecule has 2 aromatic rings. The molecule has 1 aliphatic heterocycles. The summed E-state index contributed by atoms with van der Waals surface area (Å²) in [5, 5.41) is 2.85. The number of aromatic nitrogens is 2. The van der Waals surface area contributed by atoms with Crippen molar-refractivity contribution in [3.05, 3.63) is 52.8 Å². The maximum absolute atomic E-state index is 12.9. The standard InChI is InChI=1S/C19H20N4O2/c1-11-9-16(12-7-8-12)21-19(20-11)22-17(24)15-10-23(2)18(25)14-6-4-3-5-13(14)15/h3-6,9,12,15H,7-8,10H2,1-2H3,(H,20,21,22,24). The van der Waals surface area contributed by atoms with Crippen molar-refractivity contribution in [1.29, 1.82) is 0 Å². The van der Waals surface area contributed by atoms with Gasteiger partial charge in [-0.3, -0.25) is 14.9 Å². The second-order valence-electron chi connectivity index (χ2n) is 6.85. The fourth-order valence-electron chi connectivity index (χ4n) is 3.31. The van der Waals surface area contributed by atoms with Crippen LogP contribution in [0.15, 0.2) is 30.3 Å². The fraction of sp³-hybridized carbons (Fsp3) is 0.368. The molecule has 0 bridgehead atoms. The Labute approximate surface area is 146 Å². The second kappa shape index (κ2) is 5.95. The third-order valence-corrected chi connectivity index (χ3v) is 4.79. The van der Waals surface area contributed by atoms with E-state index >= 15 is 0 Å². The lowest BCUT2D eigenvalue weighted by Crippen LogP contribution is -2.41. The van der Waals surface area contributed by atoms with Crippen LogP contribution in [0.3, 0.4) is 0 Å². The minimum atomic E-state index is -0.424. The van der Waals surface area contributed by atoms with Crippen LogP contribution in [-0.2, 0) is 4.79 Å². The molecule has 0 spiro atoms. The Morgan fingerprint density at radius 2 is 2.00 bits per heavy atom. The molecule has 1 aromatic carbocycles. The molecule has 1 aromatic heterocycles. The van der Waals surface area contributed by atoms with Crippen LogP contribution in [0.2, 0.25) is 0 Å². The largest absolute Gasteiger partial charge is 0.341 e. The van der Waals surface area contributed by atoms with Gasteiger partial charge < -0.3 is 4.90 Å². The summed E-state index contributed by atoms with van der Waals surface area (Å²) in [5.74, 6) is 0.189. The van der Waals surface area contributed by atoms with E-state index in [4.69, 9.17) is 0 Å².